The van der Waals surface area contributed by atoms with E-state index in [2.05, 4.69) is 12.4 Å². The maximum absolute atomic E-state index is 5.01. The summed E-state index contributed by atoms with van der Waals surface area (Å²) in [6, 6.07) is 0. The minimum atomic E-state index is 0.789. The van der Waals surface area contributed by atoms with Crippen LogP contribution in [0.25, 0.3) is 0 Å². The van der Waals surface area contributed by atoms with Crippen molar-refractivity contribution in [3.8, 4) is 0 Å². The minimum Gasteiger partial charge on any atom is -0.302 e. The first kappa shape index (κ1) is 6.05. The predicted octanol–water partition coefficient (Wildman–Crippen LogP) is 0.938. The van der Waals surface area contributed by atoms with Gasteiger partial charge in [-0.05, 0) is 18.8 Å². The third-order valence-corrected chi connectivity index (χ3v) is 1.48. The average Bonchev–Trinajstić information content (AvgIpc) is 1.94. The van der Waals surface area contributed by atoms with E-state index in [4.69, 9.17) is 4.84 Å². The molecule has 0 aromatic carbocycles. The Kier molecular flexibility index (Phi) is 2.30. The summed E-state index contributed by atoms with van der Waals surface area (Å²) in [5.41, 5.74) is 2.90. The van der Waals surface area contributed by atoms with Crippen molar-refractivity contribution < 1.29 is 4.84 Å². The molecule has 2 heteroatoms. The highest BCUT2D eigenvalue weighted by atomic mass is 16.6. The third kappa shape index (κ3) is 1.80. The quantitative estimate of drug-likeness (QED) is 0.507. The summed E-state index contributed by atoms with van der Waals surface area (Å²) in [5, 5.41) is 0. The first-order valence-corrected chi connectivity index (χ1v) is 3.24. The summed E-state index contributed by atoms with van der Waals surface area (Å²) in [6.07, 6.45) is 2.50. The monoisotopic (exact) mass is 115 g/mol. The normalized spacial score (nSPS) is 31.9. The fourth-order valence-electron chi connectivity index (χ4n) is 0.879. The van der Waals surface area contributed by atoms with Crippen LogP contribution in [0, 0.1) is 5.92 Å². The molecular weight excluding hydrogens is 102 g/mol. The van der Waals surface area contributed by atoms with Gasteiger partial charge < -0.3 is 4.84 Å². The Balaban J connectivity index is 2.17. The second kappa shape index (κ2) is 3.05. The largest absolute Gasteiger partial charge is 0.302 e. The van der Waals surface area contributed by atoms with Crippen molar-refractivity contribution in [2.75, 3.05) is 13.2 Å². The maximum Gasteiger partial charge on any atom is 0.0682 e. The fourth-order valence-corrected chi connectivity index (χ4v) is 0.879. The molecule has 0 aliphatic carbocycles. The number of rotatable bonds is 0. The average molecular weight is 115 g/mol. The van der Waals surface area contributed by atoms with Gasteiger partial charge in [0.1, 0.15) is 0 Å². The highest BCUT2D eigenvalue weighted by molar-refractivity contribution is 4.55. The Labute approximate surface area is 50.2 Å². The molecule has 1 atom stereocenters. The predicted molar refractivity (Wildman–Crippen MR) is 32.4 cm³/mol. The van der Waals surface area contributed by atoms with Gasteiger partial charge in [0.2, 0.25) is 0 Å². The van der Waals surface area contributed by atoms with E-state index in [1.54, 1.807) is 0 Å². The van der Waals surface area contributed by atoms with Crippen molar-refractivity contribution in [2.24, 2.45) is 5.92 Å². The Hall–Kier alpha value is -0.0800. The van der Waals surface area contributed by atoms with Crippen molar-refractivity contribution in [3.63, 3.8) is 0 Å². The van der Waals surface area contributed by atoms with Crippen molar-refractivity contribution >= 4 is 0 Å². The summed E-state index contributed by atoms with van der Waals surface area (Å²) < 4.78 is 0. The Morgan fingerprint density at radius 2 is 2.50 bits per heavy atom. The molecule has 0 saturated carbocycles. The highest BCUT2D eigenvalue weighted by Crippen LogP contribution is 2.06. The maximum atomic E-state index is 5.01. The number of nitrogens with one attached hydrogen (secondary N) is 1. The topological polar surface area (TPSA) is 21.3 Å². The van der Waals surface area contributed by atoms with E-state index in [0.29, 0.717) is 0 Å². The van der Waals surface area contributed by atoms with Crippen LogP contribution in [0.2, 0.25) is 0 Å². The van der Waals surface area contributed by atoms with Crippen LogP contribution >= 0.6 is 0 Å². The van der Waals surface area contributed by atoms with Crippen LogP contribution < -0.4 is 5.48 Å². The Morgan fingerprint density at radius 1 is 1.62 bits per heavy atom. The molecule has 0 bridgehead atoms. The molecule has 2 nitrogen and oxygen atoms in total. The van der Waals surface area contributed by atoms with Gasteiger partial charge in [0.05, 0.1) is 6.61 Å². The number of hydrogen-bond donors (Lipinski definition) is 1. The van der Waals surface area contributed by atoms with Gasteiger partial charge in [0.25, 0.3) is 0 Å². The molecule has 1 heterocycles. The van der Waals surface area contributed by atoms with E-state index < -0.39 is 0 Å². The van der Waals surface area contributed by atoms with Gasteiger partial charge in [0, 0.05) is 6.54 Å². The molecule has 1 N–H and O–H groups in total. The molecular formula is C6H13NO. The molecule has 0 aromatic heterocycles. The highest BCUT2D eigenvalue weighted by Gasteiger charge is 2.04. The van der Waals surface area contributed by atoms with Gasteiger partial charge in [-0.2, -0.15) is 0 Å². The van der Waals surface area contributed by atoms with Crippen LogP contribution in [0.4, 0.5) is 0 Å². The molecule has 1 aliphatic heterocycles. The SMILES string of the molecule is CC1CCCONC1. The van der Waals surface area contributed by atoms with Gasteiger partial charge >= 0.3 is 0 Å². The molecule has 0 spiro atoms. The molecule has 0 aromatic rings. The molecule has 1 fully saturated rings. The summed E-state index contributed by atoms with van der Waals surface area (Å²) in [4.78, 5) is 5.01. The molecule has 1 aliphatic rings. The Morgan fingerprint density at radius 3 is 3.38 bits per heavy atom. The Bertz CT molecular complexity index is 57.5. The van der Waals surface area contributed by atoms with E-state index in [-0.39, 0.29) is 0 Å². The zero-order chi connectivity index (χ0) is 5.82. The first-order valence-electron chi connectivity index (χ1n) is 3.24. The van der Waals surface area contributed by atoms with Gasteiger partial charge in [-0.3, -0.25) is 0 Å². The van der Waals surface area contributed by atoms with Gasteiger partial charge in [-0.25, -0.2) is 5.48 Å². The van der Waals surface area contributed by atoms with E-state index >= 15 is 0 Å². The van der Waals surface area contributed by atoms with Crippen LogP contribution in [-0.4, -0.2) is 13.2 Å². The lowest BCUT2D eigenvalue weighted by molar-refractivity contribution is 0.0498. The zero-order valence-electron chi connectivity index (χ0n) is 5.31. The lowest BCUT2D eigenvalue weighted by Gasteiger charge is -2.02. The molecule has 0 radical (unpaired) electrons. The lowest BCUT2D eigenvalue weighted by atomic mass is 10.1. The second-order valence-electron chi connectivity index (χ2n) is 2.44. The van der Waals surface area contributed by atoms with Crippen LogP contribution in [0.15, 0.2) is 0 Å². The molecule has 8 heavy (non-hydrogen) atoms. The van der Waals surface area contributed by atoms with Crippen molar-refractivity contribution in [1.82, 2.24) is 5.48 Å². The second-order valence-corrected chi connectivity index (χ2v) is 2.44. The molecule has 0 amide bonds. The molecule has 1 saturated heterocycles. The third-order valence-electron chi connectivity index (χ3n) is 1.48. The summed E-state index contributed by atoms with van der Waals surface area (Å²) in [6.45, 7) is 4.13. The van der Waals surface area contributed by atoms with Crippen molar-refractivity contribution in [2.45, 2.75) is 19.8 Å². The number of hydroxylamine groups is 1. The van der Waals surface area contributed by atoms with Crippen LogP contribution in [0.1, 0.15) is 19.8 Å². The molecule has 48 valence electrons. The van der Waals surface area contributed by atoms with E-state index in [9.17, 15) is 0 Å². The smallest absolute Gasteiger partial charge is 0.0682 e. The summed E-state index contributed by atoms with van der Waals surface area (Å²) >= 11 is 0. The minimum absolute atomic E-state index is 0.789. The first-order chi connectivity index (χ1) is 3.89. The van der Waals surface area contributed by atoms with E-state index in [1.807, 2.05) is 0 Å². The fraction of sp³-hybridized carbons (Fsp3) is 1.00. The standard InChI is InChI=1S/C6H13NO/c1-6-3-2-4-8-7-5-6/h6-7H,2-5H2,1H3. The van der Waals surface area contributed by atoms with E-state index in [0.717, 1.165) is 19.1 Å². The van der Waals surface area contributed by atoms with Gasteiger partial charge in [-0.15, -0.1) is 0 Å². The van der Waals surface area contributed by atoms with E-state index in [1.165, 1.54) is 12.8 Å². The van der Waals surface area contributed by atoms with Crippen molar-refractivity contribution in [1.29, 1.82) is 0 Å². The molecule has 1 rings (SSSR count). The zero-order valence-corrected chi connectivity index (χ0v) is 5.31. The lowest BCUT2D eigenvalue weighted by Crippen LogP contribution is -2.17. The number of hydrogen-bond acceptors (Lipinski definition) is 2. The van der Waals surface area contributed by atoms with Crippen LogP contribution in [0.3, 0.4) is 0 Å². The molecule has 1 unspecified atom stereocenters. The summed E-state index contributed by atoms with van der Waals surface area (Å²) in [5.74, 6) is 0.789. The van der Waals surface area contributed by atoms with Crippen LogP contribution in [0.5, 0.6) is 0 Å². The van der Waals surface area contributed by atoms with Gasteiger partial charge in [-0.1, -0.05) is 6.92 Å². The van der Waals surface area contributed by atoms with Gasteiger partial charge in [0.15, 0.2) is 0 Å². The van der Waals surface area contributed by atoms with Crippen LogP contribution in [-0.2, 0) is 4.84 Å². The summed E-state index contributed by atoms with van der Waals surface area (Å²) in [7, 11) is 0. The van der Waals surface area contributed by atoms with Crippen molar-refractivity contribution in [3.05, 3.63) is 0 Å².